The molecule has 0 spiro atoms. The van der Waals surface area contributed by atoms with E-state index in [4.69, 9.17) is 4.74 Å². The number of carbonyl (C=O) groups is 1. The van der Waals surface area contributed by atoms with E-state index in [1.54, 1.807) is 18.6 Å². The predicted octanol–water partition coefficient (Wildman–Crippen LogP) is 1.33. The molecular formula is C16H24N4O2. The molecular weight excluding hydrogens is 280 g/mol. The van der Waals surface area contributed by atoms with Gasteiger partial charge in [0.1, 0.15) is 5.82 Å². The van der Waals surface area contributed by atoms with Gasteiger partial charge in [0.05, 0.1) is 18.4 Å². The van der Waals surface area contributed by atoms with Crippen LogP contribution in [0.3, 0.4) is 0 Å². The standard InChI is InChI=1S/C16H24N4O2/c1-16(2)12-20(9-10-22-16)15(21)13-3-7-19(8-4-13)14-11-17-5-6-18-14/h5-6,11,13H,3-4,7-10,12H2,1-2H3. The molecule has 0 N–H and O–H groups in total. The SMILES string of the molecule is CC1(C)CN(C(=O)C2CCN(c3cnccn3)CC2)CCO1. The Bertz CT molecular complexity index is 512. The predicted molar refractivity (Wildman–Crippen MR) is 83.6 cm³/mol. The third kappa shape index (κ3) is 3.38. The van der Waals surface area contributed by atoms with Crippen LogP contribution in [0.15, 0.2) is 18.6 Å². The summed E-state index contributed by atoms with van der Waals surface area (Å²) in [6.07, 6.45) is 6.94. The average molecular weight is 304 g/mol. The van der Waals surface area contributed by atoms with Crippen molar-refractivity contribution in [2.45, 2.75) is 32.3 Å². The van der Waals surface area contributed by atoms with Gasteiger partial charge >= 0.3 is 0 Å². The number of carbonyl (C=O) groups excluding carboxylic acids is 1. The first-order valence-corrected chi connectivity index (χ1v) is 7.99. The summed E-state index contributed by atoms with van der Waals surface area (Å²) in [4.78, 5) is 25.3. The number of anilines is 1. The van der Waals surface area contributed by atoms with E-state index in [1.807, 2.05) is 18.7 Å². The molecule has 22 heavy (non-hydrogen) atoms. The van der Waals surface area contributed by atoms with Crippen LogP contribution in [0.2, 0.25) is 0 Å². The number of nitrogens with zero attached hydrogens (tertiary/aromatic N) is 4. The molecule has 0 aromatic carbocycles. The Morgan fingerprint density at radius 3 is 2.68 bits per heavy atom. The van der Waals surface area contributed by atoms with Gasteiger partial charge in [0.25, 0.3) is 0 Å². The number of amides is 1. The normalized spacial score (nSPS) is 22.6. The maximum Gasteiger partial charge on any atom is 0.225 e. The third-order valence-corrected chi connectivity index (χ3v) is 4.46. The lowest BCUT2D eigenvalue weighted by atomic mass is 9.94. The molecule has 0 atom stereocenters. The quantitative estimate of drug-likeness (QED) is 0.825. The summed E-state index contributed by atoms with van der Waals surface area (Å²) in [6, 6.07) is 0. The molecule has 2 saturated heterocycles. The Balaban J connectivity index is 1.56. The van der Waals surface area contributed by atoms with Crippen molar-refractivity contribution in [3.05, 3.63) is 18.6 Å². The zero-order valence-electron chi connectivity index (χ0n) is 13.4. The van der Waals surface area contributed by atoms with Crippen LogP contribution in [-0.4, -0.2) is 59.2 Å². The first-order valence-electron chi connectivity index (χ1n) is 7.99. The van der Waals surface area contributed by atoms with Crippen molar-refractivity contribution >= 4 is 11.7 Å². The van der Waals surface area contributed by atoms with Crippen molar-refractivity contribution < 1.29 is 9.53 Å². The number of rotatable bonds is 2. The average Bonchev–Trinajstić information content (AvgIpc) is 2.54. The molecule has 2 aliphatic heterocycles. The molecule has 0 radical (unpaired) electrons. The fraction of sp³-hybridized carbons (Fsp3) is 0.688. The first-order chi connectivity index (χ1) is 10.6. The summed E-state index contributed by atoms with van der Waals surface area (Å²) < 4.78 is 5.69. The van der Waals surface area contributed by atoms with Crippen molar-refractivity contribution in [1.29, 1.82) is 0 Å². The topological polar surface area (TPSA) is 58.6 Å². The lowest BCUT2D eigenvalue weighted by molar-refractivity contribution is -0.150. The van der Waals surface area contributed by atoms with Gasteiger partial charge in [0.2, 0.25) is 5.91 Å². The van der Waals surface area contributed by atoms with Gasteiger partial charge in [-0.1, -0.05) is 0 Å². The van der Waals surface area contributed by atoms with E-state index in [2.05, 4.69) is 14.9 Å². The summed E-state index contributed by atoms with van der Waals surface area (Å²) in [5, 5.41) is 0. The summed E-state index contributed by atoms with van der Waals surface area (Å²) in [7, 11) is 0. The van der Waals surface area contributed by atoms with Gasteiger partial charge in [-0.2, -0.15) is 0 Å². The van der Waals surface area contributed by atoms with Crippen molar-refractivity contribution in [3.63, 3.8) is 0 Å². The highest BCUT2D eigenvalue weighted by Gasteiger charge is 2.34. The smallest absolute Gasteiger partial charge is 0.225 e. The van der Waals surface area contributed by atoms with E-state index in [9.17, 15) is 4.79 Å². The third-order valence-electron chi connectivity index (χ3n) is 4.46. The molecule has 3 rings (SSSR count). The van der Waals surface area contributed by atoms with Gasteiger partial charge < -0.3 is 14.5 Å². The Labute approximate surface area is 131 Å². The van der Waals surface area contributed by atoms with Gasteiger partial charge in [-0.25, -0.2) is 4.98 Å². The lowest BCUT2D eigenvalue weighted by Crippen LogP contribution is -2.53. The number of ether oxygens (including phenoxy) is 1. The molecule has 0 bridgehead atoms. The first kappa shape index (κ1) is 15.2. The van der Waals surface area contributed by atoms with Crippen LogP contribution in [0.5, 0.6) is 0 Å². The highest BCUT2D eigenvalue weighted by atomic mass is 16.5. The second-order valence-electron chi connectivity index (χ2n) is 6.69. The number of piperidine rings is 1. The second-order valence-corrected chi connectivity index (χ2v) is 6.69. The number of aromatic nitrogens is 2. The second kappa shape index (κ2) is 6.20. The van der Waals surface area contributed by atoms with Crippen molar-refractivity contribution in [2.24, 2.45) is 5.92 Å². The lowest BCUT2D eigenvalue weighted by Gasteiger charge is -2.41. The van der Waals surface area contributed by atoms with Gasteiger partial charge in [0, 0.05) is 44.5 Å². The van der Waals surface area contributed by atoms with Crippen LogP contribution in [0.25, 0.3) is 0 Å². The minimum atomic E-state index is -0.228. The van der Waals surface area contributed by atoms with Crippen molar-refractivity contribution in [2.75, 3.05) is 37.7 Å². The van der Waals surface area contributed by atoms with E-state index >= 15 is 0 Å². The van der Waals surface area contributed by atoms with Crippen LogP contribution >= 0.6 is 0 Å². The van der Waals surface area contributed by atoms with Crippen LogP contribution in [0, 0.1) is 5.92 Å². The van der Waals surface area contributed by atoms with Gasteiger partial charge in [-0.05, 0) is 26.7 Å². The molecule has 6 heteroatoms. The van der Waals surface area contributed by atoms with Crippen LogP contribution < -0.4 is 4.90 Å². The van der Waals surface area contributed by atoms with Crippen LogP contribution in [0.1, 0.15) is 26.7 Å². The fourth-order valence-electron chi connectivity index (χ4n) is 3.27. The fourth-order valence-corrected chi connectivity index (χ4v) is 3.27. The molecule has 6 nitrogen and oxygen atoms in total. The Hall–Kier alpha value is -1.69. The zero-order valence-corrected chi connectivity index (χ0v) is 13.4. The molecule has 0 aliphatic carbocycles. The summed E-state index contributed by atoms with van der Waals surface area (Å²) >= 11 is 0. The summed E-state index contributed by atoms with van der Waals surface area (Å²) in [6.45, 7) is 7.86. The Morgan fingerprint density at radius 2 is 2.05 bits per heavy atom. The number of morpholine rings is 1. The molecule has 1 aromatic heterocycles. The molecule has 0 unspecified atom stereocenters. The van der Waals surface area contributed by atoms with E-state index < -0.39 is 0 Å². The number of hydrogen-bond donors (Lipinski definition) is 0. The van der Waals surface area contributed by atoms with E-state index in [1.165, 1.54) is 0 Å². The minimum Gasteiger partial charge on any atom is -0.372 e. The van der Waals surface area contributed by atoms with Crippen LogP contribution in [0.4, 0.5) is 5.82 Å². The minimum absolute atomic E-state index is 0.127. The number of hydrogen-bond acceptors (Lipinski definition) is 5. The molecule has 120 valence electrons. The highest BCUT2D eigenvalue weighted by molar-refractivity contribution is 5.79. The van der Waals surface area contributed by atoms with E-state index in [0.29, 0.717) is 19.7 Å². The van der Waals surface area contributed by atoms with Crippen molar-refractivity contribution in [1.82, 2.24) is 14.9 Å². The van der Waals surface area contributed by atoms with Gasteiger partial charge in [-0.15, -0.1) is 0 Å². The van der Waals surface area contributed by atoms with Gasteiger partial charge in [0.15, 0.2) is 0 Å². The molecule has 3 heterocycles. The van der Waals surface area contributed by atoms with E-state index in [-0.39, 0.29) is 17.4 Å². The summed E-state index contributed by atoms with van der Waals surface area (Å²) in [5.74, 6) is 1.32. The molecule has 1 amide bonds. The maximum atomic E-state index is 12.7. The van der Waals surface area contributed by atoms with Gasteiger partial charge in [-0.3, -0.25) is 9.78 Å². The Kier molecular flexibility index (Phi) is 4.29. The molecule has 1 aromatic rings. The Morgan fingerprint density at radius 1 is 1.27 bits per heavy atom. The zero-order chi connectivity index (χ0) is 15.6. The largest absolute Gasteiger partial charge is 0.372 e. The van der Waals surface area contributed by atoms with E-state index in [0.717, 1.165) is 31.7 Å². The maximum absolute atomic E-state index is 12.7. The molecule has 2 aliphatic rings. The van der Waals surface area contributed by atoms with Crippen LogP contribution in [-0.2, 0) is 9.53 Å². The monoisotopic (exact) mass is 304 g/mol. The van der Waals surface area contributed by atoms with Crippen molar-refractivity contribution in [3.8, 4) is 0 Å². The summed E-state index contributed by atoms with van der Waals surface area (Å²) in [5.41, 5.74) is -0.228. The highest BCUT2D eigenvalue weighted by Crippen LogP contribution is 2.25. The molecule has 0 saturated carbocycles. The molecule has 2 fully saturated rings.